The number of benzene rings is 1. The molecule has 1 aromatic carbocycles. The molecule has 1 aliphatic carbocycles. The quantitative estimate of drug-likeness (QED) is 0.606. The number of carbonyl (C=O) groups is 2. The third-order valence-corrected chi connectivity index (χ3v) is 9.16. The zero-order valence-electron chi connectivity index (χ0n) is 22.1. The van der Waals surface area contributed by atoms with Crippen LogP contribution in [0.15, 0.2) is 30.5 Å². The van der Waals surface area contributed by atoms with E-state index in [2.05, 4.69) is 70.6 Å². The summed E-state index contributed by atoms with van der Waals surface area (Å²) in [5.41, 5.74) is 1.64. The summed E-state index contributed by atoms with van der Waals surface area (Å²) in [7, 11) is 2.16. The van der Waals surface area contributed by atoms with Crippen LogP contribution in [0.5, 0.6) is 0 Å². The summed E-state index contributed by atoms with van der Waals surface area (Å²) in [5, 5.41) is 6.25. The maximum Gasteiger partial charge on any atom is 0.244 e. The molecule has 2 N–H and O–H groups in total. The lowest BCUT2D eigenvalue weighted by molar-refractivity contribution is -0.141. The summed E-state index contributed by atoms with van der Waals surface area (Å²) < 4.78 is 0. The number of nitrogens with one attached hydrogen (secondary N) is 2. The van der Waals surface area contributed by atoms with Crippen molar-refractivity contribution in [2.45, 2.75) is 51.5 Å². The number of nitrogens with zero attached hydrogens (tertiary/aromatic N) is 5. The molecule has 2 aromatic rings. The Morgan fingerprint density at radius 2 is 1.76 bits per heavy atom. The Hall–Kier alpha value is -3.20. The molecule has 4 heterocycles. The molecule has 1 aromatic heterocycles. The van der Waals surface area contributed by atoms with E-state index in [9.17, 15) is 9.59 Å². The maximum atomic E-state index is 14.1. The van der Waals surface area contributed by atoms with Crippen molar-refractivity contribution in [1.29, 1.82) is 0 Å². The Labute approximate surface area is 218 Å². The number of anilines is 4. The molecule has 37 heavy (non-hydrogen) atoms. The summed E-state index contributed by atoms with van der Waals surface area (Å²) >= 11 is 0. The molecule has 2 saturated heterocycles. The van der Waals surface area contributed by atoms with E-state index in [4.69, 9.17) is 4.98 Å². The Balaban J connectivity index is 1.30. The topological polar surface area (TPSA) is 93.7 Å². The first kappa shape index (κ1) is 24.2. The first-order valence-electron chi connectivity index (χ1n) is 13.6. The third kappa shape index (κ3) is 3.86. The molecule has 1 spiro atoms. The van der Waals surface area contributed by atoms with Gasteiger partial charge in [0.2, 0.25) is 17.8 Å². The molecular formula is C28H37N7O2. The van der Waals surface area contributed by atoms with Gasteiger partial charge in [0.15, 0.2) is 0 Å². The van der Waals surface area contributed by atoms with Crippen LogP contribution in [0.3, 0.4) is 0 Å². The number of likely N-dealkylation sites (N-methyl/N-ethyl adjacent to an activating group) is 1. The van der Waals surface area contributed by atoms with Gasteiger partial charge in [-0.05, 0) is 62.9 Å². The van der Waals surface area contributed by atoms with E-state index in [0.29, 0.717) is 31.2 Å². The van der Waals surface area contributed by atoms with E-state index in [-0.39, 0.29) is 23.3 Å². The molecule has 0 radical (unpaired) electrons. The van der Waals surface area contributed by atoms with Gasteiger partial charge in [0.1, 0.15) is 11.2 Å². The van der Waals surface area contributed by atoms with Crippen LogP contribution in [0.2, 0.25) is 0 Å². The number of carbonyl (C=O) groups excluding carboxylic acids is 2. The monoisotopic (exact) mass is 503 g/mol. The van der Waals surface area contributed by atoms with Gasteiger partial charge >= 0.3 is 0 Å². The molecule has 0 unspecified atom stereocenters. The normalized spacial score (nSPS) is 25.3. The van der Waals surface area contributed by atoms with Crippen LogP contribution in [-0.4, -0.2) is 72.0 Å². The molecule has 9 heteroatoms. The van der Waals surface area contributed by atoms with E-state index in [1.54, 1.807) is 0 Å². The molecule has 9 nitrogen and oxygen atoms in total. The van der Waals surface area contributed by atoms with Gasteiger partial charge < -0.3 is 20.4 Å². The first-order chi connectivity index (χ1) is 17.8. The van der Waals surface area contributed by atoms with Crippen LogP contribution >= 0.6 is 0 Å². The van der Waals surface area contributed by atoms with E-state index in [1.807, 2.05) is 11.1 Å². The lowest BCUT2D eigenvalue weighted by Crippen LogP contribution is -2.66. The van der Waals surface area contributed by atoms with Gasteiger partial charge in [-0.3, -0.25) is 14.5 Å². The van der Waals surface area contributed by atoms with Gasteiger partial charge in [-0.25, -0.2) is 4.98 Å². The van der Waals surface area contributed by atoms with Gasteiger partial charge in [0.05, 0.1) is 5.54 Å². The van der Waals surface area contributed by atoms with Gasteiger partial charge in [-0.2, -0.15) is 4.98 Å². The lowest BCUT2D eigenvalue weighted by Gasteiger charge is -2.56. The lowest BCUT2D eigenvalue weighted by atomic mass is 9.65. The number of hydrogen-bond donors (Lipinski definition) is 2. The predicted octanol–water partition coefficient (Wildman–Crippen LogP) is 2.95. The highest BCUT2D eigenvalue weighted by Gasteiger charge is 2.60. The van der Waals surface area contributed by atoms with E-state index < -0.39 is 5.41 Å². The van der Waals surface area contributed by atoms with Crippen molar-refractivity contribution in [1.82, 2.24) is 20.2 Å². The molecular weight excluding hydrogens is 466 g/mol. The molecule has 1 atom stereocenters. The Morgan fingerprint density at radius 1 is 1.03 bits per heavy atom. The molecule has 6 rings (SSSR count). The number of aromatic nitrogens is 2. The van der Waals surface area contributed by atoms with Crippen LogP contribution in [-0.2, 0) is 16.0 Å². The van der Waals surface area contributed by atoms with Crippen LogP contribution < -0.4 is 20.4 Å². The van der Waals surface area contributed by atoms with Gasteiger partial charge in [-0.15, -0.1) is 0 Å². The van der Waals surface area contributed by atoms with E-state index in [0.717, 1.165) is 56.7 Å². The second kappa shape index (κ2) is 8.97. The maximum absolute atomic E-state index is 14.1. The van der Waals surface area contributed by atoms with Crippen molar-refractivity contribution >= 4 is 35.0 Å². The third-order valence-electron chi connectivity index (χ3n) is 9.16. The number of hydrogen-bond acceptors (Lipinski definition) is 7. The van der Waals surface area contributed by atoms with Crippen molar-refractivity contribution in [3.8, 4) is 0 Å². The fraction of sp³-hybridized carbons (Fsp3) is 0.571. The molecule has 2 amide bonds. The van der Waals surface area contributed by atoms with Crippen molar-refractivity contribution in [3.05, 3.63) is 36.0 Å². The first-order valence-corrected chi connectivity index (χ1v) is 13.6. The SMILES string of the molecule is CC(C)C1(N2C(=O)[C@]3(CCNC3=O)Cc3cnc(Nc4ccc(N5CCN(C)CC5)cc4)nc32)CCC1. The van der Waals surface area contributed by atoms with Crippen LogP contribution in [0.25, 0.3) is 0 Å². The van der Waals surface area contributed by atoms with Gasteiger partial charge in [0.25, 0.3) is 0 Å². The zero-order chi connectivity index (χ0) is 25.8. The second-order valence-electron chi connectivity index (χ2n) is 11.5. The fourth-order valence-corrected chi connectivity index (χ4v) is 6.49. The van der Waals surface area contributed by atoms with Crippen LogP contribution in [0.4, 0.5) is 23.1 Å². The van der Waals surface area contributed by atoms with Crippen molar-refractivity contribution in [2.75, 3.05) is 54.9 Å². The standard InChI is InChI=1S/C28H37N7O2/c1-19(2)28(9-4-10-28)35-23-20(17-27(25(35)37)11-12-29-24(27)36)18-30-26(32-23)31-21-5-7-22(8-6-21)34-15-13-33(3)14-16-34/h5-8,18-19H,4,9-17H2,1-3H3,(H,29,36)(H,30,31,32)/t27-/m1/s1. The van der Waals surface area contributed by atoms with E-state index in [1.165, 1.54) is 5.69 Å². The van der Waals surface area contributed by atoms with Crippen LogP contribution in [0.1, 0.15) is 45.1 Å². The minimum atomic E-state index is -1.04. The highest BCUT2D eigenvalue weighted by molar-refractivity contribution is 6.15. The van der Waals surface area contributed by atoms with Gasteiger partial charge in [0, 0.05) is 62.3 Å². The molecule has 0 bridgehead atoms. The second-order valence-corrected chi connectivity index (χ2v) is 11.5. The summed E-state index contributed by atoms with van der Waals surface area (Å²) in [5.74, 6) is 1.13. The average Bonchev–Trinajstić information content (AvgIpc) is 3.22. The Bertz CT molecular complexity index is 1200. The molecule has 1 saturated carbocycles. The van der Waals surface area contributed by atoms with Crippen molar-refractivity contribution < 1.29 is 9.59 Å². The molecule has 3 fully saturated rings. The average molecular weight is 504 g/mol. The minimum Gasteiger partial charge on any atom is -0.369 e. The smallest absolute Gasteiger partial charge is 0.244 e. The highest BCUT2D eigenvalue weighted by atomic mass is 16.2. The fourth-order valence-electron chi connectivity index (χ4n) is 6.49. The zero-order valence-corrected chi connectivity index (χ0v) is 22.1. The van der Waals surface area contributed by atoms with Gasteiger partial charge in [-0.1, -0.05) is 13.8 Å². The number of piperazine rings is 1. The molecule has 4 aliphatic rings. The number of amides is 2. The van der Waals surface area contributed by atoms with Crippen molar-refractivity contribution in [3.63, 3.8) is 0 Å². The van der Waals surface area contributed by atoms with E-state index >= 15 is 0 Å². The summed E-state index contributed by atoms with van der Waals surface area (Å²) in [6.07, 6.45) is 5.61. The Morgan fingerprint density at radius 3 is 2.35 bits per heavy atom. The van der Waals surface area contributed by atoms with Crippen LogP contribution in [0, 0.1) is 11.3 Å². The summed E-state index contributed by atoms with van der Waals surface area (Å²) in [6, 6.07) is 8.37. The number of rotatable bonds is 5. The summed E-state index contributed by atoms with van der Waals surface area (Å²) in [4.78, 5) is 43.3. The molecule has 196 valence electrons. The van der Waals surface area contributed by atoms with Crippen molar-refractivity contribution in [2.24, 2.45) is 11.3 Å². The molecule has 3 aliphatic heterocycles. The largest absolute Gasteiger partial charge is 0.369 e. The predicted molar refractivity (Wildman–Crippen MR) is 144 cm³/mol. The Kier molecular flexibility index (Phi) is 5.86. The number of fused-ring (bicyclic) bond motifs is 1. The highest BCUT2D eigenvalue weighted by Crippen LogP contribution is 2.51. The summed E-state index contributed by atoms with van der Waals surface area (Å²) in [6.45, 7) is 9.07. The minimum absolute atomic E-state index is 0.0930.